The summed E-state index contributed by atoms with van der Waals surface area (Å²) in [7, 11) is 0. The highest BCUT2D eigenvalue weighted by atomic mass is 35.5. The first-order chi connectivity index (χ1) is 14.5. The third-order valence-electron chi connectivity index (χ3n) is 5.73. The van der Waals surface area contributed by atoms with Gasteiger partial charge in [-0.05, 0) is 45.9 Å². The van der Waals surface area contributed by atoms with E-state index in [1.54, 1.807) is 24.3 Å². The van der Waals surface area contributed by atoms with Crippen molar-refractivity contribution >= 4 is 53.1 Å². The number of rotatable bonds is 7. The molecule has 2 aromatic carbocycles. The number of carbonyl (C=O) groups excluding carboxylic acids is 2. The molecule has 9 heteroatoms. The summed E-state index contributed by atoms with van der Waals surface area (Å²) in [5.74, 6) is -1.23. The molecule has 0 radical (unpaired) electrons. The number of fused-ring (bicyclic) bond motifs is 1. The first-order valence-corrected chi connectivity index (χ1v) is 10.9. The van der Waals surface area contributed by atoms with Gasteiger partial charge in [0.15, 0.2) is 5.60 Å². The number of aliphatic hydroxyl groups is 1. The molecule has 1 unspecified atom stereocenters. The number of anilines is 1. The van der Waals surface area contributed by atoms with Crippen LogP contribution in [0, 0.1) is 0 Å². The van der Waals surface area contributed by atoms with Crippen LogP contribution in [0.5, 0.6) is 0 Å². The van der Waals surface area contributed by atoms with Crippen molar-refractivity contribution < 1.29 is 14.7 Å². The average Bonchev–Trinajstić information content (AvgIpc) is 2.90. The van der Waals surface area contributed by atoms with Crippen molar-refractivity contribution in [3.63, 3.8) is 0 Å². The van der Waals surface area contributed by atoms with Gasteiger partial charge in [-0.1, -0.05) is 41.4 Å². The molecule has 2 amide bonds. The molecule has 1 heterocycles. The molecule has 174 valence electrons. The van der Waals surface area contributed by atoms with E-state index >= 15 is 0 Å². The van der Waals surface area contributed by atoms with Gasteiger partial charge >= 0.3 is 0 Å². The van der Waals surface area contributed by atoms with Crippen LogP contribution in [0.1, 0.15) is 49.2 Å². The van der Waals surface area contributed by atoms with E-state index in [9.17, 15) is 14.7 Å². The van der Waals surface area contributed by atoms with Crippen molar-refractivity contribution in [2.24, 2.45) is 5.73 Å². The van der Waals surface area contributed by atoms with E-state index in [-0.39, 0.29) is 51.2 Å². The van der Waals surface area contributed by atoms with Crippen molar-refractivity contribution in [3.8, 4) is 0 Å². The van der Waals surface area contributed by atoms with Crippen molar-refractivity contribution in [1.29, 1.82) is 0 Å². The van der Waals surface area contributed by atoms with Crippen molar-refractivity contribution in [1.82, 2.24) is 4.90 Å². The molecule has 3 N–H and O–H groups in total. The highest BCUT2D eigenvalue weighted by Crippen LogP contribution is 2.49. The zero-order valence-corrected chi connectivity index (χ0v) is 20.8. The minimum absolute atomic E-state index is 0. The summed E-state index contributed by atoms with van der Waals surface area (Å²) in [4.78, 5) is 29.2. The second-order valence-corrected chi connectivity index (χ2v) is 9.10. The van der Waals surface area contributed by atoms with Crippen LogP contribution in [0.25, 0.3) is 0 Å². The summed E-state index contributed by atoms with van der Waals surface area (Å²) in [6, 6.07) is 10.0. The van der Waals surface area contributed by atoms with E-state index in [0.717, 1.165) is 0 Å². The summed E-state index contributed by atoms with van der Waals surface area (Å²) < 4.78 is 0. The second-order valence-electron chi connectivity index (χ2n) is 8.29. The van der Waals surface area contributed by atoms with Crippen LogP contribution in [-0.4, -0.2) is 47.0 Å². The minimum atomic E-state index is -2.07. The SMILES string of the molecule is CC(C)N(CCN1C(=O)C(O)(c2ccccc2Cl)c2c(Cl)cc(C(N)=O)cc21)C(C)C.Cl. The van der Waals surface area contributed by atoms with Crippen LogP contribution in [0.2, 0.25) is 10.0 Å². The van der Waals surface area contributed by atoms with Crippen LogP contribution in [-0.2, 0) is 10.4 Å². The number of halogens is 3. The number of amides is 2. The van der Waals surface area contributed by atoms with Crippen LogP contribution < -0.4 is 10.6 Å². The van der Waals surface area contributed by atoms with E-state index in [4.69, 9.17) is 28.9 Å². The predicted molar refractivity (Wildman–Crippen MR) is 131 cm³/mol. The monoisotopic (exact) mass is 499 g/mol. The largest absolute Gasteiger partial charge is 0.372 e. The van der Waals surface area contributed by atoms with Gasteiger partial charge in [-0.25, -0.2) is 0 Å². The molecule has 0 saturated carbocycles. The standard InChI is InChI=1S/C23H27Cl2N3O3.ClH/c1-13(2)27(14(3)4)9-10-28-19-12-15(21(26)29)11-18(25)20(19)23(31,22(28)30)16-7-5-6-8-17(16)24;/h5-8,11-14,31H,9-10H2,1-4H3,(H2,26,29);1H. The van der Waals surface area contributed by atoms with Gasteiger partial charge in [0.2, 0.25) is 5.91 Å². The predicted octanol–water partition coefficient (Wildman–Crippen LogP) is 4.22. The summed E-state index contributed by atoms with van der Waals surface area (Å²) >= 11 is 12.9. The van der Waals surface area contributed by atoms with Crippen molar-refractivity contribution in [2.45, 2.75) is 45.4 Å². The molecule has 1 aliphatic rings. The number of hydrogen-bond acceptors (Lipinski definition) is 4. The van der Waals surface area contributed by atoms with Crippen LogP contribution in [0.4, 0.5) is 5.69 Å². The molecule has 32 heavy (non-hydrogen) atoms. The number of hydrogen-bond donors (Lipinski definition) is 2. The lowest BCUT2D eigenvalue weighted by atomic mass is 9.87. The summed E-state index contributed by atoms with van der Waals surface area (Å²) in [5, 5.41) is 12.1. The highest BCUT2D eigenvalue weighted by Gasteiger charge is 2.53. The number of nitrogens with two attached hydrogens (primary N) is 1. The van der Waals surface area contributed by atoms with Crippen molar-refractivity contribution in [3.05, 3.63) is 63.1 Å². The van der Waals surface area contributed by atoms with Gasteiger partial charge in [0, 0.05) is 46.9 Å². The average molecular weight is 501 g/mol. The normalized spacial score (nSPS) is 17.8. The van der Waals surface area contributed by atoms with Gasteiger partial charge in [-0.3, -0.25) is 14.5 Å². The van der Waals surface area contributed by atoms with Gasteiger partial charge in [-0.15, -0.1) is 12.4 Å². The molecular formula is C23H28Cl3N3O3. The molecule has 0 bridgehead atoms. The summed E-state index contributed by atoms with van der Waals surface area (Å²) in [6.07, 6.45) is 0. The highest BCUT2D eigenvalue weighted by molar-refractivity contribution is 6.35. The Hall–Kier alpha value is -1.83. The third-order valence-corrected chi connectivity index (χ3v) is 6.36. The van der Waals surface area contributed by atoms with E-state index in [0.29, 0.717) is 18.8 Å². The molecule has 0 saturated heterocycles. The molecule has 0 aromatic heterocycles. The molecule has 1 atom stereocenters. The second kappa shape index (κ2) is 9.98. The van der Waals surface area contributed by atoms with Gasteiger partial charge in [0.05, 0.1) is 10.7 Å². The molecule has 1 aliphatic heterocycles. The first kappa shape index (κ1) is 26.4. The quantitative estimate of drug-likeness (QED) is 0.596. The van der Waals surface area contributed by atoms with E-state index in [2.05, 4.69) is 32.6 Å². The van der Waals surface area contributed by atoms with E-state index in [1.165, 1.54) is 17.0 Å². The Morgan fingerprint density at radius 2 is 1.72 bits per heavy atom. The fraction of sp³-hybridized carbons (Fsp3) is 0.391. The van der Waals surface area contributed by atoms with E-state index in [1.807, 2.05) is 0 Å². The number of primary amides is 1. The first-order valence-electron chi connectivity index (χ1n) is 10.2. The zero-order valence-electron chi connectivity index (χ0n) is 18.4. The van der Waals surface area contributed by atoms with Gasteiger partial charge in [0.1, 0.15) is 0 Å². The molecule has 0 aliphatic carbocycles. The van der Waals surface area contributed by atoms with Gasteiger partial charge in [-0.2, -0.15) is 0 Å². The van der Waals surface area contributed by atoms with E-state index < -0.39 is 17.4 Å². The van der Waals surface area contributed by atoms with Crippen LogP contribution >= 0.6 is 35.6 Å². The lowest BCUT2D eigenvalue weighted by molar-refractivity contribution is -0.132. The number of benzene rings is 2. The Balaban J connectivity index is 0.00000363. The lowest BCUT2D eigenvalue weighted by Gasteiger charge is -2.32. The maximum absolute atomic E-state index is 13.6. The number of carbonyl (C=O) groups is 2. The Morgan fingerprint density at radius 1 is 1.12 bits per heavy atom. The van der Waals surface area contributed by atoms with Crippen LogP contribution in [0.15, 0.2) is 36.4 Å². The zero-order chi connectivity index (χ0) is 23.1. The molecule has 6 nitrogen and oxygen atoms in total. The molecule has 0 fully saturated rings. The molecule has 0 spiro atoms. The summed E-state index contributed by atoms with van der Waals surface area (Å²) in [6.45, 7) is 9.21. The maximum Gasteiger partial charge on any atom is 0.268 e. The molecular weight excluding hydrogens is 473 g/mol. The Labute approximate surface area is 204 Å². The fourth-order valence-electron chi connectivity index (χ4n) is 4.27. The Kier molecular flexibility index (Phi) is 8.24. The van der Waals surface area contributed by atoms with Crippen LogP contribution in [0.3, 0.4) is 0 Å². The fourth-order valence-corrected chi connectivity index (χ4v) is 4.90. The maximum atomic E-state index is 13.6. The van der Waals surface area contributed by atoms with Crippen molar-refractivity contribution in [2.75, 3.05) is 18.0 Å². The third kappa shape index (κ3) is 4.47. The Bertz CT molecular complexity index is 1020. The Morgan fingerprint density at radius 3 is 2.25 bits per heavy atom. The molecule has 2 aromatic rings. The summed E-state index contributed by atoms with van der Waals surface area (Å²) in [5.41, 5.74) is 4.37. The van der Waals surface area contributed by atoms with Gasteiger partial charge < -0.3 is 15.7 Å². The molecule has 3 rings (SSSR count). The lowest BCUT2D eigenvalue weighted by Crippen LogP contribution is -2.46. The topological polar surface area (TPSA) is 86.9 Å². The van der Waals surface area contributed by atoms with Gasteiger partial charge in [0.25, 0.3) is 5.91 Å². The minimum Gasteiger partial charge on any atom is -0.372 e. The number of nitrogens with zero attached hydrogens (tertiary/aromatic N) is 2. The smallest absolute Gasteiger partial charge is 0.268 e.